The fourth-order valence-corrected chi connectivity index (χ4v) is 4.59. The molecular weight excluding hydrogens is 212 g/mol. The predicted octanol–water partition coefficient (Wildman–Crippen LogP) is 2.45. The second-order valence-electron chi connectivity index (χ2n) is 6.84. The van der Waals surface area contributed by atoms with Crippen LogP contribution in [0.15, 0.2) is 12.4 Å². The van der Waals surface area contributed by atoms with Crippen molar-refractivity contribution in [2.45, 2.75) is 45.6 Å². The van der Waals surface area contributed by atoms with Gasteiger partial charge in [0.1, 0.15) is 5.60 Å². The molecule has 3 nitrogen and oxygen atoms in total. The van der Waals surface area contributed by atoms with Crippen molar-refractivity contribution in [3.8, 4) is 0 Å². The fourth-order valence-electron chi connectivity index (χ4n) is 4.59. The number of rotatable bonds is 1. The van der Waals surface area contributed by atoms with Gasteiger partial charge in [0.15, 0.2) is 0 Å². The van der Waals surface area contributed by atoms with Gasteiger partial charge in [-0.1, -0.05) is 20.8 Å². The van der Waals surface area contributed by atoms with Gasteiger partial charge in [-0.3, -0.25) is 4.68 Å². The Balaban J connectivity index is 2.17. The Labute approximate surface area is 103 Å². The highest BCUT2D eigenvalue weighted by Crippen LogP contribution is 2.71. The van der Waals surface area contributed by atoms with Gasteiger partial charge in [0, 0.05) is 29.6 Å². The van der Waals surface area contributed by atoms with E-state index in [1.807, 2.05) is 19.4 Å². The van der Waals surface area contributed by atoms with Crippen LogP contribution in [-0.4, -0.2) is 14.9 Å². The molecule has 1 N–H and O–H groups in total. The van der Waals surface area contributed by atoms with Gasteiger partial charge < -0.3 is 5.11 Å². The topological polar surface area (TPSA) is 38.0 Å². The smallest absolute Gasteiger partial charge is 0.103 e. The number of aromatic nitrogens is 2. The van der Waals surface area contributed by atoms with E-state index in [-0.39, 0.29) is 10.8 Å². The van der Waals surface area contributed by atoms with Crippen LogP contribution in [0.3, 0.4) is 0 Å². The molecule has 0 aromatic carbocycles. The zero-order chi connectivity index (χ0) is 12.5. The van der Waals surface area contributed by atoms with Crippen molar-refractivity contribution in [3.05, 3.63) is 18.0 Å². The van der Waals surface area contributed by atoms with E-state index in [4.69, 9.17) is 0 Å². The summed E-state index contributed by atoms with van der Waals surface area (Å²) in [4.78, 5) is 0. The summed E-state index contributed by atoms with van der Waals surface area (Å²) >= 11 is 0. The van der Waals surface area contributed by atoms with Crippen molar-refractivity contribution in [1.29, 1.82) is 0 Å². The lowest BCUT2D eigenvalue weighted by molar-refractivity contribution is -0.150. The van der Waals surface area contributed by atoms with Crippen LogP contribution in [0.1, 0.15) is 45.6 Å². The van der Waals surface area contributed by atoms with Gasteiger partial charge >= 0.3 is 0 Å². The number of hydrogen-bond donors (Lipinski definition) is 1. The first kappa shape index (κ1) is 11.3. The highest BCUT2D eigenvalue weighted by molar-refractivity contribution is 5.30. The first-order chi connectivity index (χ1) is 7.81. The lowest BCUT2D eigenvalue weighted by Crippen LogP contribution is -2.51. The molecule has 2 fully saturated rings. The minimum absolute atomic E-state index is 0.0181. The summed E-state index contributed by atoms with van der Waals surface area (Å²) in [5.41, 5.74) is 0.236. The predicted molar refractivity (Wildman–Crippen MR) is 66.3 cm³/mol. The third-order valence-corrected chi connectivity index (χ3v) is 5.69. The molecule has 94 valence electrons. The van der Waals surface area contributed by atoms with Gasteiger partial charge in [0.2, 0.25) is 0 Å². The second kappa shape index (κ2) is 2.94. The van der Waals surface area contributed by atoms with Gasteiger partial charge in [0.25, 0.3) is 0 Å². The zero-order valence-corrected chi connectivity index (χ0v) is 11.2. The van der Waals surface area contributed by atoms with Gasteiger partial charge in [-0.25, -0.2) is 0 Å². The maximum Gasteiger partial charge on any atom is 0.103 e. The lowest BCUT2D eigenvalue weighted by atomic mass is 9.58. The highest BCUT2D eigenvalue weighted by atomic mass is 16.3. The molecule has 3 unspecified atom stereocenters. The van der Waals surface area contributed by atoms with Crippen LogP contribution in [0.5, 0.6) is 0 Å². The van der Waals surface area contributed by atoms with Gasteiger partial charge in [-0.2, -0.15) is 5.10 Å². The minimum atomic E-state index is -0.725. The molecule has 0 radical (unpaired) electrons. The molecule has 0 aliphatic heterocycles. The molecule has 1 heterocycles. The van der Waals surface area contributed by atoms with Crippen LogP contribution in [0.25, 0.3) is 0 Å². The number of aliphatic hydroxyl groups is 1. The van der Waals surface area contributed by atoms with Crippen LogP contribution < -0.4 is 0 Å². The van der Waals surface area contributed by atoms with Gasteiger partial charge in [-0.05, 0) is 25.2 Å². The number of nitrogens with zero attached hydrogens (tertiary/aromatic N) is 2. The van der Waals surface area contributed by atoms with E-state index in [0.29, 0.717) is 5.92 Å². The number of aryl methyl sites for hydroxylation is 1. The van der Waals surface area contributed by atoms with Crippen molar-refractivity contribution in [2.75, 3.05) is 0 Å². The summed E-state index contributed by atoms with van der Waals surface area (Å²) in [5.74, 6) is 0.637. The molecule has 3 atom stereocenters. The van der Waals surface area contributed by atoms with Crippen molar-refractivity contribution < 1.29 is 5.11 Å². The van der Waals surface area contributed by atoms with E-state index >= 15 is 0 Å². The van der Waals surface area contributed by atoms with Crippen LogP contribution >= 0.6 is 0 Å². The maximum absolute atomic E-state index is 11.4. The Kier molecular flexibility index (Phi) is 1.95. The molecule has 17 heavy (non-hydrogen) atoms. The molecule has 2 saturated carbocycles. The second-order valence-corrected chi connectivity index (χ2v) is 6.84. The summed E-state index contributed by atoms with van der Waals surface area (Å²) < 4.78 is 1.79. The van der Waals surface area contributed by atoms with Crippen LogP contribution in [0.4, 0.5) is 0 Å². The van der Waals surface area contributed by atoms with Gasteiger partial charge in [-0.15, -0.1) is 0 Å². The SMILES string of the molecule is Cn1cc(C2(O)C3(C)CCC(C3)C2(C)C)cn1. The first-order valence-electron chi connectivity index (χ1n) is 6.53. The van der Waals surface area contributed by atoms with E-state index in [9.17, 15) is 5.11 Å². The number of fused-ring (bicyclic) bond motifs is 2. The third-order valence-electron chi connectivity index (χ3n) is 5.69. The molecule has 0 saturated heterocycles. The van der Waals surface area contributed by atoms with E-state index in [2.05, 4.69) is 25.9 Å². The normalized spacial score (nSPS) is 43.2. The molecule has 2 aliphatic carbocycles. The first-order valence-corrected chi connectivity index (χ1v) is 6.53. The van der Waals surface area contributed by atoms with Crippen molar-refractivity contribution in [3.63, 3.8) is 0 Å². The Morgan fingerprint density at radius 3 is 2.59 bits per heavy atom. The van der Waals surface area contributed by atoms with Gasteiger partial charge in [0.05, 0.1) is 6.20 Å². The molecule has 1 aromatic rings. The summed E-state index contributed by atoms with van der Waals surface area (Å²) in [6.07, 6.45) is 7.35. The summed E-state index contributed by atoms with van der Waals surface area (Å²) in [7, 11) is 1.91. The average Bonchev–Trinajstić information content (AvgIpc) is 2.86. The van der Waals surface area contributed by atoms with Crippen LogP contribution in [0, 0.1) is 16.7 Å². The van der Waals surface area contributed by atoms with E-state index in [0.717, 1.165) is 18.4 Å². The largest absolute Gasteiger partial charge is 0.384 e. The zero-order valence-electron chi connectivity index (χ0n) is 11.2. The van der Waals surface area contributed by atoms with Crippen molar-refractivity contribution in [2.24, 2.45) is 23.8 Å². The molecular formula is C14H22N2O. The third kappa shape index (κ3) is 1.09. The van der Waals surface area contributed by atoms with E-state index in [1.54, 1.807) is 4.68 Å². The standard InChI is InChI=1S/C14H22N2O/c1-12(2)10-5-6-13(3,7-10)14(12,17)11-8-15-16(4)9-11/h8-10,17H,5-7H2,1-4H3. The summed E-state index contributed by atoms with van der Waals surface area (Å²) in [6, 6.07) is 0. The molecule has 1 aromatic heterocycles. The Bertz CT molecular complexity index is 458. The van der Waals surface area contributed by atoms with E-state index < -0.39 is 5.60 Å². The summed E-state index contributed by atoms with van der Waals surface area (Å²) in [6.45, 7) is 6.68. The van der Waals surface area contributed by atoms with Crippen LogP contribution in [0.2, 0.25) is 0 Å². The Hall–Kier alpha value is -0.830. The van der Waals surface area contributed by atoms with Crippen molar-refractivity contribution in [1.82, 2.24) is 9.78 Å². The molecule has 2 bridgehead atoms. The summed E-state index contributed by atoms with van der Waals surface area (Å²) in [5, 5.41) is 15.6. The maximum atomic E-state index is 11.4. The average molecular weight is 234 g/mol. The van der Waals surface area contributed by atoms with Crippen LogP contribution in [-0.2, 0) is 12.6 Å². The quantitative estimate of drug-likeness (QED) is 0.810. The Morgan fingerprint density at radius 1 is 1.41 bits per heavy atom. The van der Waals surface area contributed by atoms with Crippen molar-refractivity contribution >= 4 is 0 Å². The molecule has 0 spiro atoms. The highest BCUT2D eigenvalue weighted by Gasteiger charge is 2.69. The molecule has 3 heteroatoms. The minimum Gasteiger partial charge on any atom is -0.384 e. The molecule has 3 rings (SSSR count). The van der Waals surface area contributed by atoms with E-state index in [1.165, 1.54) is 6.42 Å². The molecule has 0 amide bonds. The fraction of sp³-hybridized carbons (Fsp3) is 0.786. The molecule has 2 aliphatic rings. The monoisotopic (exact) mass is 234 g/mol. The lowest BCUT2D eigenvalue weighted by Gasteiger charge is -2.50. The Morgan fingerprint density at radius 2 is 2.12 bits per heavy atom. The number of hydrogen-bond acceptors (Lipinski definition) is 2.